The van der Waals surface area contributed by atoms with E-state index in [4.69, 9.17) is 5.14 Å². The van der Waals surface area contributed by atoms with Gasteiger partial charge >= 0.3 is 0 Å². The molecule has 21 heavy (non-hydrogen) atoms. The maximum atomic E-state index is 11.9. The average molecular weight is 328 g/mol. The van der Waals surface area contributed by atoms with E-state index in [1.807, 2.05) is 0 Å². The molecule has 0 atom stereocenters. The van der Waals surface area contributed by atoms with Gasteiger partial charge in [-0.15, -0.1) is 11.8 Å². The van der Waals surface area contributed by atoms with Crippen LogP contribution in [0.15, 0.2) is 29.2 Å². The van der Waals surface area contributed by atoms with E-state index in [1.54, 1.807) is 23.9 Å². The van der Waals surface area contributed by atoms with Gasteiger partial charge in [0, 0.05) is 10.9 Å². The summed E-state index contributed by atoms with van der Waals surface area (Å²) in [7, 11) is -3.75. The van der Waals surface area contributed by atoms with Crippen LogP contribution in [-0.4, -0.2) is 25.3 Å². The number of nitrogens with one attached hydrogen (secondary N) is 1. The van der Waals surface area contributed by atoms with E-state index < -0.39 is 10.0 Å². The molecule has 0 aromatic heterocycles. The van der Waals surface area contributed by atoms with Crippen LogP contribution in [-0.2, 0) is 14.8 Å². The van der Waals surface area contributed by atoms with Gasteiger partial charge in [0.15, 0.2) is 0 Å². The molecule has 0 unspecified atom stereocenters. The second kappa shape index (κ2) is 7.29. The van der Waals surface area contributed by atoms with Crippen LogP contribution in [0.4, 0.5) is 5.69 Å². The lowest BCUT2D eigenvalue weighted by atomic mass is 10.0. The molecule has 1 saturated carbocycles. The quantitative estimate of drug-likeness (QED) is 0.868. The third kappa shape index (κ3) is 5.33. The zero-order valence-electron chi connectivity index (χ0n) is 11.7. The van der Waals surface area contributed by atoms with Gasteiger partial charge in [0.05, 0.1) is 10.6 Å². The molecule has 0 aliphatic heterocycles. The molecule has 5 nitrogen and oxygen atoms in total. The standard InChI is InChI=1S/C14H20N2O3S2/c15-21(18,19)13-8-4-5-11(9-13)16-14(17)10-20-12-6-2-1-3-7-12/h4-5,8-9,12H,1-3,6-7,10H2,(H,16,17)(H2,15,18,19). The van der Waals surface area contributed by atoms with Crippen molar-refractivity contribution < 1.29 is 13.2 Å². The Morgan fingerprint density at radius 3 is 2.67 bits per heavy atom. The minimum Gasteiger partial charge on any atom is -0.325 e. The second-order valence-electron chi connectivity index (χ2n) is 5.19. The molecule has 2 rings (SSSR count). The summed E-state index contributed by atoms with van der Waals surface area (Å²) in [5.74, 6) is 0.279. The largest absolute Gasteiger partial charge is 0.325 e. The number of benzene rings is 1. The van der Waals surface area contributed by atoms with Gasteiger partial charge in [0.1, 0.15) is 0 Å². The van der Waals surface area contributed by atoms with Crippen molar-refractivity contribution in [2.24, 2.45) is 5.14 Å². The lowest BCUT2D eigenvalue weighted by Gasteiger charge is -2.20. The van der Waals surface area contributed by atoms with Crippen LogP contribution >= 0.6 is 11.8 Å². The molecule has 0 spiro atoms. The van der Waals surface area contributed by atoms with Crippen LogP contribution in [0, 0.1) is 0 Å². The summed E-state index contributed by atoms with van der Waals surface area (Å²) in [5, 5.41) is 8.35. The van der Waals surface area contributed by atoms with Gasteiger partial charge < -0.3 is 5.32 Å². The van der Waals surface area contributed by atoms with Crippen LogP contribution in [0.1, 0.15) is 32.1 Å². The number of amides is 1. The highest BCUT2D eigenvalue weighted by Gasteiger charge is 2.15. The average Bonchev–Trinajstić information content (AvgIpc) is 2.46. The van der Waals surface area contributed by atoms with Gasteiger partial charge in [0.25, 0.3) is 0 Å². The van der Waals surface area contributed by atoms with Gasteiger partial charge in [0.2, 0.25) is 15.9 Å². The highest BCUT2D eigenvalue weighted by Crippen LogP contribution is 2.28. The first-order valence-corrected chi connectivity index (χ1v) is 9.59. The number of carbonyl (C=O) groups excluding carboxylic acids is 1. The van der Waals surface area contributed by atoms with Crippen molar-refractivity contribution in [3.05, 3.63) is 24.3 Å². The number of thioether (sulfide) groups is 1. The van der Waals surface area contributed by atoms with Gasteiger partial charge in [-0.25, -0.2) is 13.6 Å². The van der Waals surface area contributed by atoms with Crippen LogP contribution in [0.2, 0.25) is 0 Å². The van der Waals surface area contributed by atoms with Crippen molar-refractivity contribution in [2.75, 3.05) is 11.1 Å². The molecule has 3 N–H and O–H groups in total. The Labute approximate surface area is 129 Å². The molecule has 0 bridgehead atoms. The van der Waals surface area contributed by atoms with E-state index in [2.05, 4.69) is 5.32 Å². The molecule has 1 aliphatic rings. The summed E-state index contributed by atoms with van der Waals surface area (Å²) in [6.07, 6.45) is 6.15. The van der Waals surface area contributed by atoms with E-state index in [0.717, 1.165) is 0 Å². The summed E-state index contributed by atoms with van der Waals surface area (Å²) in [4.78, 5) is 11.9. The van der Waals surface area contributed by atoms with Crippen molar-refractivity contribution in [2.45, 2.75) is 42.2 Å². The van der Waals surface area contributed by atoms with Crippen LogP contribution < -0.4 is 10.5 Å². The molecule has 7 heteroatoms. The van der Waals surface area contributed by atoms with E-state index in [-0.39, 0.29) is 10.8 Å². The molecular weight excluding hydrogens is 308 g/mol. The molecule has 1 aliphatic carbocycles. The monoisotopic (exact) mass is 328 g/mol. The Kier molecular flexibility index (Phi) is 5.66. The van der Waals surface area contributed by atoms with Crippen molar-refractivity contribution >= 4 is 33.4 Å². The van der Waals surface area contributed by atoms with Gasteiger partial charge in [-0.1, -0.05) is 25.3 Å². The number of nitrogens with two attached hydrogens (primary N) is 1. The van der Waals surface area contributed by atoms with E-state index in [9.17, 15) is 13.2 Å². The molecule has 116 valence electrons. The number of sulfonamides is 1. The molecule has 0 saturated heterocycles. The molecule has 1 aromatic carbocycles. The first-order chi connectivity index (χ1) is 9.95. The third-order valence-corrected chi connectivity index (χ3v) is 5.73. The fourth-order valence-electron chi connectivity index (χ4n) is 2.37. The SMILES string of the molecule is NS(=O)(=O)c1cccc(NC(=O)CSC2CCCCC2)c1. The van der Waals surface area contributed by atoms with Crippen molar-refractivity contribution in [1.29, 1.82) is 0 Å². The lowest BCUT2D eigenvalue weighted by molar-refractivity contribution is -0.113. The Bertz CT molecular complexity index is 596. The smallest absolute Gasteiger partial charge is 0.238 e. The number of hydrogen-bond acceptors (Lipinski definition) is 4. The summed E-state index contributed by atoms with van der Waals surface area (Å²) < 4.78 is 22.5. The maximum absolute atomic E-state index is 11.9. The van der Waals surface area contributed by atoms with E-state index in [0.29, 0.717) is 16.7 Å². The zero-order valence-corrected chi connectivity index (χ0v) is 13.4. The van der Waals surface area contributed by atoms with Gasteiger partial charge in [-0.3, -0.25) is 4.79 Å². The van der Waals surface area contributed by atoms with E-state index >= 15 is 0 Å². The fourth-order valence-corrected chi connectivity index (χ4v) is 4.06. The van der Waals surface area contributed by atoms with Crippen molar-refractivity contribution in [3.8, 4) is 0 Å². The minimum atomic E-state index is -3.75. The first-order valence-electron chi connectivity index (χ1n) is 6.99. The lowest BCUT2D eigenvalue weighted by Crippen LogP contribution is -2.18. The number of carbonyl (C=O) groups is 1. The normalized spacial score (nSPS) is 16.6. The predicted octanol–water partition coefficient (Wildman–Crippen LogP) is 2.34. The number of anilines is 1. The first kappa shape index (κ1) is 16.3. The molecular formula is C14H20N2O3S2. The molecule has 0 heterocycles. The topological polar surface area (TPSA) is 89.3 Å². The van der Waals surface area contributed by atoms with Crippen molar-refractivity contribution in [1.82, 2.24) is 0 Å². The molecule has 0 radical (unpaired) electrons. The Hall–Kier alpha value is -1.05. The zero-order chi connectivity index (χ0) is 15.3. The Morgan fingerprint density at radius 2 is 2.00 bits per heavy atom. The molecule has 1 amide bonds. The van der Waals surface area contributed by atoms with Crippen LogP contribution in [0.25, 0.3) is 0 Å². The van der Waals surface area contributed by atoms with Crippen LogP contribution in [0.5, 0.6) is 0 Å². The fraction of sp³-hybridized carbons (Fsp3) is 0.500. The van der Waals surface area contributed by atoms with Crippen LogP contribution in [0.3, 0.4) is 0 Å². The third-order valence-electron chi connectivity index (χ3n) is 3.45. The highest BCUT2D eigenvalue weighted by molar-refractivity contribution is 8.00. The Balaban J connectivity index is 1.87. The second-order valence-corrected chi connectivity index (χ2v) is 8.04. The molecule has 1 aromatic rings. The predicted molar refractivity (Wildman–Crippen MR) is 85.8 cm³/mol. The summed E-state index contributed by atoms with van der Waals surface area (Å²) in [6, 6.07) is 5.99. The maximum Gasteiger partial charge on any atom is 0.238 e. The number of hydrogen-bond donors (Lipinski definition) is 2. The molecule has 1 fully saturated rings. The van der Waals surface area contributed by atoms with Gasteiger partial charge in [-0.2, -0.15) is 0 Å². The summed E-state index contributed by atoms with van der Waals surface area (Å²) >= 11 is 1.68. The summed E-state index contributed by atoms with van der Waals surface area (Å²) in [5.41, 5.74) is 0.454. The van der Waals surface area contributed by atoms with E-state index in [1.165, 1.54) is 44.2 Å². The van der Waals surface area contributed by atoms with Crippen molar-refractivity contribution in [3.63, 3.8) is 0 Å². The van der Waals surface area contributed by atoms with Gasteiger partial charge in [-0.05, 0) is 31.0 Å². The highest BCUT2D eigenvalue weighted by atomic mass is 32.2. The summed E-state index contributed by atoms with van der Waals surface area (Å²) in [6.45, 7) is 0. The number of rotatable bonds is 5. The Morgan fingerprint density at radius 1 is 1.29 bits per heavy atom. The minimum absolute atomic E-state index is 0.000216. The number of primary sulfonamides is 1.